The van der Waals surface area contributed by atoms with Crippen molar-refractivity contribution in [2.24, 2.45) is 0 Å². The molecule has 0 atom stereocenters. The van der Waals surface area contributed by atoms with Gasteiger partial charge >= 0.3 is 0 Å². The molecule has 1 saturated carbocycles. The summed E-state index contributed by atoms with van der Waals surface area (Å²) in [6, 6.07) is 6.42. The second-order valence-corrected chi connectivity index (χ2v) is 4.50. The highest BCUT2D eigenvalue weighted by molar-refractivity contribution is 6.31. The van der Waals surface area contributed by atoms with Gasteiger partial charge in [0, 0.05) is 5.02 Å². The molecule has 1 aromatic rings. The summed E-state index contributed by atoms with van der Waals surface area (Å²) in [6.07, 6.45) is 1.95. The van der Waals surface area contributed by atoms with Gasteiger partial charge in [-0.2, -0.15) is 5.26 Å². The van der Waals surface area contributed by atoms with Gasteiger partial charge in [0.2, 0.25) is 0 Å². The third-order valence-electron chi connectivity index (χ3n) is 3.12. The van der Waals surface area contributed by atoms with Gasteiger partial charge in [0.05, 0.1) is 11.5 Å². The molecule has 2 heteroatoms. The van der Waals surface area contributed by atoms with Crippen LogP contribution in [0, 0.1) is 25.2 Å². The van der Waals surface area contributed by atoms with Gasteiger partial charge in [0.1, 0.15) is 0 Å². The Labute approximate surface area is 89.3 Å². The van der Waals surface area contributed by atoms with Crippen LogP contribution in [0.2, 0.25) is 5.02 Å². The predicted molar refractivity (Wildman–Crippen MR) is 57.5 cm³/mol. The van der Waals surface area contributed by atoms with E-state index in [9.17, 15) is 0 Å². The molecule has 72 valence electrons. The number of nitriles is 1. The van der Waals surface area contributed by atoms with E-state index >= 15 is 0 Å². The van der Waals surface area contributed by atoms with E-state index in [2.05, 4.69) is 12.1 Å². The average Bonchev–Trinajstić information content (AvgIpc) is 2.94. The Kier molecular flexibility index (Phi) is 2.05. The first kappa shape index (κ1) is 9.55. The highest BCUT2D eigenvalue weighted by Crippen LogP contribution is 2.48. The van der Waals surface area contributed by atoms with Gasteiger partial charge in [0.15, 0.2) is 0 Å². The van der Waals surface area contributed by atoms with Crippen molar-refractivity contribution in [3.8, 4) is 6.07 Å². The lowest BCUT2D eigenvalue weighted by Gasteiger charge is -2.10. The van der Waals surface area contributed by atoms with Crippen molar-refractivity contribution < 1.29 is 0 Å². The van der Waals surface area contributed by atoms with E-state index in [1.165, 1.54) is 5.56 Å². The van der Waals surface area contributed by atoms with Crippen LogP contribution < -0.4 is 0 Å². The van der Waals surface area contributed by atoms with Crippen molar-refractivity contribution in [2.45, 2.75) is 32.1 Å². The molecule has 1 aliphatic rings. The van der Waals surface area contributed by atoms with Gasteiger partial charge < -0.3 is 0 Å². The van der Waals surface area contributed by atoms with E-state index in [1.54, 1.807) is 0 Å². The highest BCUT2D eigenvalue weighted by Gasteiger charge is 2.45. The Hall–Kier alpha value is -1.000. The minimum absolute atomic E-state index is 0.220. The number of halogens is 1. The lowest BCUT2D eigenvalue weighted by Crippen LogP contribution is -2.03. The van der Waals surface area contributed by atoms with Crippen LogP contribution in [0.1, 0.15) is 29.5 Å². The number of hydrogen-bond donors (Lipinski definition) is 0. The number of aryl methyl sites for hydroxylation is 1. The summed E-state index contributed by atoms with van der Waals surface area (Å²) in [6.45, 7) is 4.05. The van der Waals surface area contributed by atoms with Crippen LogP contribution in [0.3, 0.4) is 0 Å². The lowest BCUT2D eigenvalue weighted by atomic mass is 9.94. The molecule has 1 fully saturated rings. The highest BCUT2D eigenvalue weighted by atomic mass is 35.5. The lowest BCUT2D eigenvalue weighted by molar-refractivity contribution is 0.904. The molecular formula is C12H12ClN. The molecule has 0 saturated heterocycles. The maximum Gasteiger partial charge on any atom is 0.0824 e. The topological polar surface area (TPSA) is 23.8 Å². The molecule has 0 aromatic heterocycles. The summed E-state index contributed by atoms with van der Waals surface area (Å²) in [5.74, 6) is 0. The summed E-state index contributed by atoms with van der Waals surface area (Å²) in [5, 5.41) is 9.85. The standard InChI is InChI=1S/C12H12ClN/c1-8-5-10(6-11(13)9(8)2)12(7-14)3-4-12/h5-6H,3-4H2,1-2H3. The second-order valence-electron chi connectivity index (χ2n) is 4.09. The zero-order chi connectivity index (χ0) is 10.3. The van der Waals surface area contributed by atoms with Gasteiger partial charge in [-0.05, 0) is 49.4 Å². The maximum atomic E-state index is 9.07. The van der Waals surface area contributed by atoms with Crippen LogP contribution in [0.15, 0.2) is 12.1 Å². The van der Waals surface area contributed by atoms with Crippen LogP contribution in [-0.2, 0) is 5.41 Å². The van der Waals surface area contributed by atoms with E-state index in [0.29, 0.717) is 0 Å². The van der Waals surface area contributed by atoms with E-state index in [1.807, 2.05) is 19.9 Å². The number of hydrogen-bond acceptors (Lipinski definition) is 1. The van der Waals surface area contributed by atoms with Crippen LogP contribution in [0.4, 0.5) is 0 Å². The van der Waals surface area contributed by atoms with E-state index in [4.69, 9.17) is 16.9 Å². The molecule has 1 nitrogen and oxygen atoms in total. The van der Waals surface area contributed by atoms with Crippen LogP contribution in [0.25, 0.3) is 0 Å². The molecule has 0 unspecified atom stereocenters. The van der Waals surface area contributed by atoms with Crippen LogP contribution >= 0.6 is 11.6 Å². The Bertz CT molecular complexity index is 401. The molecule has 0 bridgehead atoms. The summed E-state index contributed by atoms with van der Waals surface area (Å²) in [7, 11) is 0. The Morgan fingerprint density at radius 2 is 2.00 bits per heavy atom. The number of rotatable bonds is 1. The summed E-state index contributed by atoms with van der Waals surface area (Å²) in [5.41, 5.74) is 3.16. The molecule has 14 heavy (non-hydrogen) atoms. The maximum absolute atomic E-state index is 9.07. The van der Waals surface area contributed by atoms with Crippen molar-refractivity contribution in [2.75, 3.05) is 0 Å². The third kappa shape index (κ3) is 1.31. The molecule has 0 aliphatic heterocycles. The van der Waals surface area contributed by atoms with Crippen molar-refractivity contribution in [3.63, 3.8) is 0 Å². The molecule has 1 aliphatic carbocycles. The van der Waals surface area contributed by atoms with E-state index < -0.39 is 0 Å². The van der Waals surface area contributed by atoms with Gasteiger partial charge in [-0.3, -0.25) is 0 Å². The van der Waals surface area contributed by atoms with E-state index in [-0.39, 0.29) is 5.41 Å². The van der Waals surface area contributed by atoms with Crippen molar-refractivity contribution in [1.82, 2.24) is 0 Å². The number of nitrogens with zero attached hydrogens (tertiary/aromatic N) is 1. The smallest absolute Gasteiger partial charge is 0.0824 e. The zero-order valence-corrected chi connectivity index (χ0v) is 9.15. The molecule has 0 radical (unpaired) electrons. The molecule has 0 N–H and O–H groups in total. The van der Waals surface area contributed by atoms with Gasteiger partial charge in [0.25, 0.3) is 0 Å². The summed E-state index contributed by atoms with van der Waals surface area (Å²) >= 11 is 6.10. The fourth-order valence-corrected chi connectivity index (χ4v) is 1.95. The second kappa shape index (κ2) is 3.00. The summed E-state index contributed by atoms with van der Waals surface area (Å²) in [4.78, 5) is 0. The molecule has 0 heterocycles. The SMILES string of the molecule is Cc1cc(C2(C#N)CC2)cc(Cl)c1C. The van der Waals surface area contributed by atoms with Crippen LogP contribution in [0.5, 0.6) is 0 Å². The first-order valence-corrected chi connectivity index (χ1v) is 5.15. The van der Waals surface area contributed by atoms with Crippen molar-refractivity contribution >= 4 is 11.6 Å². The molecule has 2 rings (SSSR count). The fourth-order valence-electron chi connectivity index (χ4n) is 1.68. The molecular weight excluding hydrogens is 194 g/mol. The predicted octanol–water partition coefficient (Wildman–Crippen LogP) is 3.51. The van der Waals surface area contributed by atoms with Gasteiger partial charge in [-0.25, -0.2) is 0 Å². The van der Waals surface area contributed by atoms with Crippen molar-refractivity contribution in [3.05, 3.63) is 33.8 Å². The van der Waals surface area contributed by atoms with E-state index in [0.717, 1.165) is 29.0 Å². The summed E-state index contributed by atoms with van der Waals surface area (Å²) < 4.78 is 0. The monoisotopic (exact) mass is 205 g/mol. The first-order chi connectivity index (χ1) is 6.59. The minimum atomic E-state index is -0.220. The van der Waals surface area contributed by atoms with Gasteiger partial charge in [-0.15, -0.1) is 0 Å². The Morgan fingerprint density at radius 3 is 2.43 bits per heavy atom. The molecule has 0 amide bonds. The van der Waals surface area contributed by atoms with Gasteiger partial charge in [-0.1, -0.05) is 17.7 Å². The first-order valence-electron chi connectivity index (χ1n) is 4.77. The third-order valence-corrected chi connectivity index (χ3v) is 3.51. The van der Waals surface area contributed by atoms with Crippen molar-refractivity contribution in [1.29, 1.82) is 5.26 Å². The Morgan fingerprint density at radius 1 is 1.36 bits per heavy atom. The largest absolute Gasteiger partial charge is 0.197 e. The zero-order valence-electron chi connectivity index (χ0n) is 8.39. The minimum Gasteiger partial charge on any atom is -0.197 e. The fraction of sp³-hybridized carbons (Fsp3) is 0.417. The quantitative estimate of drug-likeness (QED) is 0.688. The number of benzene rings is 1. The normalized spacial score (nSPS) is 17.6. The average molecular weight is 206 g/mol. The molecule has 0 spiro atoms. The molecule has 1 aromatic carbocycles. The van der Waals surface area contributed by atoms with Crippen LogP contribution in [-0.4, -0.2) is 0 Å². The Balaban J connectivity index is 2.53.